The number of nitrogens with zero attached hydrogens (tertiary/aromatic N) is 1. The van der Waals surface area contributed by atoms with Gasteiger partial charge in [0.15, 0.2) is 0 Å². The summed E-state index contributed by atoms with van der Waals surface area (Å²) >= 11 is 0. The van der Waals surface area contributed by atoms with E-state index in [2.05, 4.69) is 45.9 Å². The van der Waals surface area contributed by atoms with Gasteiger partial charge in [-0.2, -0.15) is 0 Å². The lowest BCUT2D eigenvalue weighted by atomic mass is 9.77. The zero-order valence-electron chi connectivity index (χ0n) is 18.9. The summed E-state index contributed by atoms with van der Waals surface area (Å²) in [6, 6.07) is 18.1. The van der Waals surface area contributed by atoms with E-state index in [0.29, 0.717) is 0 Å². The summed E-state index contributed by atoms with van der Waals surface area (Å²) in [5, 5.41) is 16.1. The first-order valence-corrected chi connectivity index (χ1v) is 13.7. The Morgan fingerprint density at radius 2 is 1.63 bits per heavy atom. The van der Waals surface area contributed by atoms with E-state index >= 15 is 0 Å². The Morgan fingerprint density at radius 1 is 1.03 bits per heavy atom. The van der Waals surface area contributed by atoms with Crippen LogP contribution in [0.15, 0.2) is 59.8 Å². The summed E-state index contributed by atoms with van der Waals surface area (Å²) in [5.74, 6) is -0.760. The van der Waals surface area contributed by atoms with E-state index in [0.717, 1.165) is 35.4 Å². The molecular weight excluding hydrogens is 390 g/mol. The van der Waals surface area contributed by atoms with Gasteiger partial charge in [0.25, 0.3) is 5.79 Å². The first kappa shape index (κ1) is 21.1. The normalized spacial score (nSPS) is 25.4. The van der Waals surface area contributed by atoms with E-state index in [-0.39, 0.29) is 16.4 Å². The first-order chi connectivity index (χ1) is 14.0. The number of benzene rings is 2. The van der Waals surface area contributed by atoms with Gasteiger partial charge in [0, 0.05) is 11.0 Å². The van der Waals surface area contributed by atoms with Gasteiger partial charge in [-0.15, -0.1) is 0 Å². The SMILES string of the molecule is CC1(C2(O)ON=C(c3ccc(O[Si](C)(C)C(C)(C)C)cc3)C2c2ccccc2)CC1. The van der Waals surface area contributed by atoms with Crippen molar-refractivity contribution in [2.24, 2.45) is 10.6 Å². The van der Waals surface area contributed by atoms with Gasteiger partial charge in [0.2, 0.25) is 8.32 Å². The van der Waals surface area contributed by atoms with Crippen LogP contribution in [0.5, 0.6) is 5.75 Å². The topological polar surface area (TPSA) is 51.0 Å². The highest BCUT2D eigenvalue weighted by Gasteiger charge is 2.65. The third kappa shape index (κ3) is 3.48. The quantitative estimate of drug-likeness (QED) is 0.593. The van der Waals surface area contributed by atoms with Gasteiger partial charge in [-0.05, 0) is 60.8 Å². The molecule has 2 atom stereocenters. The Hall–Kier alpha value is -2.11. The van der Waals surface area contributed by atoms with Crippen LogP contribution in [0.2, 0.25) is 18.1 Å². The molecule has 4 nitrogen and oxygen atoms in total. The lowest BCUT2D eigenvalue weighted by Gasteiger charge is -2.36. The standard InChI is InChI=1S/C25H33NO3Si/c1-23(2,3)30(5,6)28-20-14-12-19(13-15-20)22-21(18-10-8-7-9-11-18)25(27,29-26-22)24(4)16-17-24/h7-15,21,27H,16-17H2,1-6H3. The molecule has 30 heavy (non-hydrogen) atoms. The average Bonchev–Trinajstić information content (AvgIpc) is 3.34. The molecule has 1 aliphatic heterocycles. The molecule has 5 heteroatoms. The summed E-state index contributed by atoms with van der Waals surface area (Å²) in [6.07, 6.45) is 1.88. The van der Waals surface area contributed by atoms with Crippen molar-refractivity contribution in [2.75, 3.05) is 0 Å². The van der Waals surface area contributed by atoms with Gasteiger partial charge in [-0.3, -0.25) is 0 Å². The Kier molecular flexibility index (Phi) is 4.90. The average molecular weight is 424 g/mol. The summed E-state index contributed by atoms with van der Waals surface area (Å²) in [6.45, 7) is 13.3. The number of hydrogen-bond acceptors (Lipinski definition) is 4. The fraction of sp³-hybridized carbons (Fsp3) is 0.480. The molecule has 0 bridgehead atoms. The lowest BCUT2D eigenvalue weighted by Crippen LogP contribution is -2.45. The maximum Gasteiger partial charge on any atom is 0.252 e. The molecule has 2 aromatic carbocycles. The van der Waals surface area contributed by atoms with Gasteiger partial charge in [-0.1, -0.05) is 63.2 Å². The molecule has 1 N–H and O–H groups in total. The highest BCUT2D eigenvalue weighted by atomic mass is 28.4. The molecule has 1 fully saturated rings. The molecule has 0 saturated heterocycles. The van der Waals surface area contributed by atoms with Crippen LogP contribution in [0.4, 0.5) is 0 Å². The van der Waals surface area contributed by atoms with Crippen molar-refractivity contribution in [3.05, 3.63) is 65.7 Å². The van der Waals surface area contributed by atoms with Crippen LogP contribution >= 0.6 is 0 Å². The zero-order chi connectivity index (χ0) is 21.8. The molecule has 0 spiro atoms. The molecule has 0 radical (unpaired) electrons. The van der Waals surface area contributed by atoms with Gasteiger partial charge >= 0.3 is 0 Å². The van der Waals surface area contributed by atoms with Crippen LogP contribution in [-0.2, 0) is 4.84 Å². The smallest absolute Gasteiger partial charge is 0.252 e. The maximum atomic E-state index is 11.6. The molecular formula is C25H33NO3Si. The van der Waals surface area contributed by atoms with Crippen LogP contribution in [0.25, 0.3) is 0 Å². The van der Waals surface area contributed by atoms with Gasteiger partial charge in [0.05, 0.1) is 5.92 Å². The minimum absolute atomic E-state index is 0.143. The number of aliphatic hydroxyl groups is 1. The van der Waals surface area contributed by atoms with Crippen molar-refractivity contribution >= 4 is 14.0 Å². The van der Waals surface area contributed by atoms with Crippen LogP contribution in [0.1, 0.15) is 57.6 Å². The number of oxime groups is 1. The molecule has 160 valence electrons. The molecule has 0 aromatic heterocycles. The second kappa shape index (κ2) is 6.96. The van der Waals surface area contributed by atoms with E-state index in [4.69, 9.17) is 9.26 Å². The Balaban J connectivity index is 1.65. The maximum absolute atomic E-state index is 11.6. The van der Waals surface area contributed by atoms with E-state index < -0.39 is 14.1 Å². The number of rotatable bonds is 5. The predicted octanol–water partition coefficient (Wildman–Crippen LogP) is 6.08. The molecule has 1 saturated carbocycles. The van der Waals surface area contributed by atoms with Gasteiger partial charge in [-0.25, -0.2) is 0 Å². The van der Waals surface area contributed by atoms with Crippen LogP contribution < -0.4 is 4.43 Å². The summed E-state index contributed by atoms with van der Waals surface area (Å²) < 4.78 is 6.42. The zero-order valence-corrected chi connectivity index (χ0v) is 19.9. The van der Waals surface area contributed by atoms with Crippen LogP contribution in [0, 0.1) is 5.41 Å². The van der Waals surface area contributed by atoms with Crippen LogP contribution in [-0.4, -0.2) is 24.9 Å². The van der Waals surface area contributed by atoms with Crippen molar-refractivity contribution in [2.45, 2.75) is 70.4 Å². The van der Waals surface area contributed by atoms with E-state index in [1.54, 1.807) is 0 Å². The predicted molar refractivity (Wildman–Crippen MR) is 123 cm³/mol. The summed E-state index contributed by atoms with van der Waals surface area (Å²) in [5.41, 5.74) is 2.47. The molecule has 2 aromatic rings. The monoisotopic (exact) mass is 423 g/mol. The Bertz CT molecular complexity index is 943. The summed E-state index contributed by atoms with van der Waals surface area (Å²) in [4.78, 5) is 5.78. The van der Waals surface area contributed by atoms with E-state index in [9.17, 15) is 5.11 Å². The minimum Gasteiger partial charge on any atom is -0.544 e. The molecule has 2 aliphatic rings. The lowest BCUT2D eigenvalue weighted by molar-refractivity contribution is -0.235. The minimum atomic E-state index is -1.90. The highest BCUT2D eigenvalue weighted by Crippen LogP contribution is 2.61. The Morgan fingerprint density at radius 3 is 2.17 bits per heavy atom. The third-order valence-electron chi connectivity index (χ3n) is 7.27. The second-order valence-electron chi connectivity index (χ2n) is 10.6. The molecule has 1 aliphatic carbocycles. The largest absolute Gasteiger partial charge is 0.544 e. The second-order valence-corrected chi connectivity index (χ2v) is 15.3. The van der Waals surface area contributed by atoms with Gasteiger partial charge in [0.1, 0.15) is 11.5 Å². The van der Waals surface area contributed by atoms with Crippen molar-refractivity contribution in [3.8, 4) is 5.75 Å². The fourth-order valence-corrected chi connectivity index (χ4v) is 4.84. The number of hydrogen-bond donors (Lipinski definition) is 1. The Labute approximate surface area is 181 Å². The van der Waals surface area contributed by atoms with Crippen molar-refractivity contribution in [3.63, 3.8) is 0 Å². The molecule has 4 rings (SSSR count). The van der Waals surface area contributed by atoms with Crippen molar-refractivity contribution < 1.29 is 14.4 Å². The van der Waals surface area contributed by atoms with Crippen molar-refractivity contribution in [1.29, 1.82) is 0 Å². The van der Waals surface area contributed by atoms with E-state index in [1.807, 2.05) is 54.6 Å². The van der Waals surface area contributed by atoms with E-state index in [1.165, 1.54) is 0 Å². The van der Waals surface area contributed by atoms with Gasteiger partial charge < -0.3 is 14.4 Å². The molecule has 0 amide bonds. The first-order valence-electron chi connectivity index (χ1n) is 10.8. The van der Waals surface area contributed by atoms with Crippen molar-refractivity contribution in [1.82, 2.24) is 0 Å². The third-order valence-corrected chi connectivity index (χ3v) is 11.6. The fourth-order valence-electron chi connectivity index (χ4n) is 3.80. The molecule has 1 heterocycles. The molecule has 2 unspecified atom stereocenters. The van der Waals surface area contributed by atoms with Crippen LogP contribution in [0.3, 0.4) is 0 Å². The summed E-state index contributed by atoms with van der Waals surface area (Å²) in [7, 11) is -1.90. The highest BCUT2D eigenvalue weighted by molar-refractivity contribution is 6.74.